The molecule has 0 amide bonds. The van der Waals surface area contributed by atoms with Gasteiger partial charge in [0.05, 0.1) is 0 Å². The maximum atomic E-state index is 4.16. The van der Waals surface area contributed by atoms with E-state index < -0.39 is 0 Å². The molecule has 0 atom stereocenters. The number of hydrogen-bond donors (Lipinski definition) is 1. The Hall–Kier alpha value is -0.430. The number of hydrogen-bond acceptors (Lipinski definition) is 1. The molecule has 0 N–H and O–H groups in total. The molecular weight excluding hydrogens is 152 g/mol. The van der Waals surface area contributed by atoms with Gasteiger partial charge in [0.15, 0.2) is 0 Å². The van der Waals surface area contributed by atoms with Crippen molar-refractivity contribution in [2.24, 2.45) is 0 Å². The normalized spacial score (nSPS) is 9.91. The maximum absolute atomic E-state index is 4.16. The summed E-state index contributed by atoms with van der Waals surface area (Å²) < 4.78 is 0. The molecule has 1 radical (unpaired) electrons. The molecule has 0 unspecified atom stereocenters. The average Bonchev–Trinajstić information content (AvgIpc) is 2.07. The Balaban J connectivity index is 2.28. The number of rotatable bonds is 4. The summed E-state index contributed by atoms with van der Waals surface area (Å²) in [4.78, 5) is 0. The first-order valence-electron chi connectivity index (χ1n) is 3.99. The van der Waals surface area contributed by atoms with Gasteiger partial charge in [-0.05, 0) is 36.6 Å². The van der Waals surface area contributed by atoms with E-state index in [1.165, 1.54) is 24.8 Å². The molecule has 1 rings (SSSR count). The van der Waals surface area contributed by atoms with Crippen molar-refractivity contribution in [1.82, 2.24) is 0 Å². The van der Waals surface area contributed by atoms with E-state index >= 15 is 0 Å². The fraction of sp³-hybridized carbons (Fsp3) is 0.400. The first-order valence-corrected chi connectivity index (χ1v) is 4.62. The molecule has 0 fully saturated rings. The molecule has 11 heavy (non-hydrogen) atoms. The summed E-state index contributed by atoms with van der Waals surface area (Å²) in [5.41, 5.74) is 1.41. The van der Waals surface area contributed by atoms with Crippen LogP contribution in [0.4, 0.5) is 0 Å². The minimum absolute atomic E-state index is 0.999. The monoisotopic (exact) mass is 165 g/mol. The lowest BCUT2D eigenvalue weighted by atomic mass is 10.1. The lowest BCUT2D eigenvalue weighted by Crippen LogP contribution is -1.84. The predicted octanol–water partition coefficient (Wildman–Crippen LogP) is 2.74. The van der Waals surface area contributed by atoms with Gasteiger partial charge in [-0.2, -0.15) is 12.6 Å². The van der Waals surface area contributed by atoms with Crippen LogP contribution in [0.3, 0.4) is 0 Å². The number of unbranched alkanes of at least 4 members (excludes halogenated alkanes) is 1. The third-order valence-electron chi connectivity index (χ3n) is 1.66. The van der Waals surface area contributed by atoms with Crippen molar-refractivity contribution in [1.29, 1.82) is 0 Å². The number of benzene rings is 1. The minimum atomic E-state index is 0.999. The van der Waals surface area contributed by atoms with E-state index in [0.717, 1.165) is 5.75 Å². The zero-order valence-corrected chi connectivity index (χ0v) is 7.48. The van der Waals surface area contributed by atoms with Crippen LogP contribution >= 0.6 is 12.6 Å². The molecule has 0 spiro atoms. The van der Waals surface area contributed by atoms with Crippen molar-refractivity contribution in [2.75, 3.05) is 5.75 Å². The van der Waals surface area contributed by atoms with E-state index in [2.05, 4.69) is 30.8 Å². The molecule has 0 saturated heterocycles. The Morgan fingerprint density at radius 1 is 1.18 bits per heavy atom. The summed E-state index contributed by atoms with van der Waals surface area (Å²) >= 11 is 4.16. The van der Waals surface area contributed by atoms with Crippen LogP contribution in [0, 0.1) is 6.07 Å². The van der Waals surface area contributed by atoms with E-state index in [1.807, 2.05) is 12.1 Å². The van der Waals surface area contributed by atoms with Crippen molar-refractivity contribution in [3.63, 3.8) is 0 Å². The first-order chi connectivity index (χ1) is 5.43. The summed E-state index contributed by atoms with van der Waals surface area (Å²) in [7, 11) is 0. The van der Waals surface area contributed by atoms with Crippen LogP contribution in [0.15, 0.2) is 24.3 Å². The molecule has 1 aromatic carbocycles. The highest BCUT2D eigenvalue weighted by atomic mass is 32.1. The highest BCUT2D eigenvalue weighted by Gasteiger charge is 1.89. The van der Waals surface area contributed by atoms with E-state index in [4.69, 9.17) is 0 Å². The summed E-state index contributed by atoms with van der Waals surface area (Å²) in [5.74, 6) is 0.999. The van der Waals surface area contributed by atoms with Crippen molar-refractivity contribution >= 4 is 12.6 Å². The lowest BCUT2D eigenvalue weighted by molar-refractivity contribution is 0.804. The van der Waals surface area contributed by atoms with Crippen LogP contribution in [0.25, 0.3) is 0 Å². The van der Waals surface area contributed by atoms with Gasteiger partial charge in [0.25, 0.3) is 0 Å². The lowest BCUT2D eigenvalue weighted by Gasteiger charge is -1.97. The number of thiol groups is 1. The molecule has 0 aromatic heterocycles. The fourth-order valence-electron chi connectivity index (χ4n) is 1.03. The van der Waals surface area contributed by atoms with Crippen LogP contribution in [-0.4, -0.2) is 5.75 Å². The second kappa shape index (κ2) is 5.25. The molecule has 0 saturated carbocycles. The second-order valence-electron chi connectivity index (χ2n) is 2.59. The zero-order chi connectivity index (χ0) is 7.94. The molecule has 0 aliphatic rings. The summed E-state index contributed by atoms with van der Waals surface area (Å²) in [6.45, 7) is 0. The zero-order valence-electron chi connectivity index (χ0n) is 6.59. The average molecular weight is 165 g/mol. The van der Waals surface area contributed by atoms with E-state index in [9.17, 15) is 0 Å². The van der Waals surface area contributed by atoms with Gasteiger partial charge in [0.2, 0.25) is 0 Å². The van der Waals surface area contributed by atoms with Crippen LogP contribution in [-0.2, 0) is 6.42 Å². The maximum Gasteiger partial charge on any atom is -0.00978 e. The standard InChI is InChI=1S/C10H13S/c11-9-5-4-8-10-6-2-1-3-7-10/h2-3,6-7,11H,4-5,8-9H2. The summed E-state index contributed by atoms with van der Waals surface area (Å²) in [6.07, 6.45) is 3.63. The highest BCUT2D eigenvalue weighted by Crippen LogP contribution is 2.04. The Morgan fingerprint density at radius 3 is 2.55 bits per heavy atom. The van der Waals surface area contributed by atoms with Crippen LogP contribution in [0.5, 0.6) is 0 Å². The molecule has 1 heteroatoms. The molecule has 0 nitrogen and oxygen atoms in total. The fourth-order valence-corrected chi connectivity index (χ4v) is 1.25. The van der Waals surface area contributed by atoms with Gasteiger partial charge < -0.3 is 0 Å². The van der Waals surface area contributed by atoms with Crippen molar-refractivity contribution in [3.8, 4) is 0 Å². The molecule has 0 heterocycles. The molecule has 59 valence electrons. The molecule has 1 aromatic rings. The van der Waals surface area contributed by atoms with Crippen molar-refractivity contribution < 1.29 is 0 Å². The van der Waals surface area contributed by atoms with Gasteiger partial charge in [-0.25, -0.2) is 0 Å². The van der Waals surface area contributed by atoms with Gasteiger partial charge in [0, 0.05) is 0 Å². The molecular formula is C10H13S. The van der Waals surface area contributed by atoms with E-state index in [-0.39, 0.29) is 0 Å². The topological polar surface area (TPSA) is 0 Å². The van der Waals surface area contributed by atoms with Crippen molar-refractivity contribution in [3.05, 3.63) is 35.9 Å². The van der Waals surface area contributed by atoms with E-state index in [0.29, 0.717) is 0 Å². The minimum Gasteiger partial charge on any atom is -0.179 e. The molecule has 0 aliphatic heterocycles. The third kappa shape index (κ3) is 3.47. The van der Waals surface area contributed by atoms with Gasteiger partial charge >= 0.3 is 0 Å². The van der Waals surface area contributed by atoms with Crippen LogP contribution in [0.1, 0.15) is 18.4 Å². The molecule has 0 bridgehead atoms. The van der Waals surface area contributed by atoms with Gasteiger partial charge in [-0.15, -0.1) is 0 Å². The van der Waals surface area contributed by atoms with Crippen LogP contribution < -0.4 is 0 Å². The SMILES string of the molecule is SCCCCc1cc[c]cc1. The first kappa shape index (κ1) is 8.66. The third-order valence-corrected chi connectivity index (χ3v) is 1.98. The highest BCUT2D eigenvalue weighted by molar-refractivity contribution is 7.80. The Kier molecular flexibility index (Phi) is 4.14. The Morgan fingerprint density at radius 2 is 1.91 bits per heavy atom. The van der Waals surface area contributed by atoms with Crippen LogP contribution in [0.2, 0.25) is 0 Å². The van der Waals surface area contributed by atoms with Gasteiger partial charge in [0.1, 0.15) is 0 Å². The predicted molar refractivity (Wildman–Crippen MR) is 52.1 cm³/mol. The largest absolute Gasteiger partial charge is 0.179 e. The number of aryl methyl sites for hydroxylation is 1. The Labute approximate surface area is 74.0 Å². The second-order valence-corrected chi connectivity index (χ2v) is 3.04. The van der Waals surface area contributed by atoms with Gasteiger partial charge in [-0.1, -0.05) is 24.3 Å². The summed E-state index contributed by atoms with van der Waals surface area (Å²) in [6, 6.07) is 11.2. The Bertz CT molecular complexity index is 181. The smallest absolute Gasteiger partial charge is 0.00978 e. The van der Waals surface area contributed by atoms with Gasteiger partial charge in [-0.3, -0.25) is 0 Å². The van der Waals surface area contributed by atoms with Crippen molar-refractivity contribution in [2.45, 2.75) is 19.3 Å². The summed E-state index contributed by atoms with van der Waals surface area (Å²) in [5, 5.41) is 0. The van der Waals surface area contributed by atoms with E-state index in [1.54, 1.807) is 0 Å². The molecule has 0 aliphatic carbocycles. The quantitative estimate of drug-likeness (QED) is 0.514.